The van der Waals surface area contributed by atoms with E-state index in [9.17, 15) is 134 Å². The summed E-state index contributed by atoms with van der Waals surface area (Å²) in [4.78, 5) is 322. The lowest BCUT2D eigenvalue weighted by atomic mass is 9.51. The van der Waals surface area contributed by atoms with Crippen molar-refractivity contribution in [1.82, 2.24) is 0 Å². The highest BCUT2D eigenvalue weighted by atomic mass is 16.6. The predicted molar refractivity (Wildman–Crippen MR) is 334 cm³/mol. The second-order valence-corrected chi connectivity index (χ2v) is 33.6. The van der Waals surface area contributed by atoms with Crippen molar-refractivity contribution in [3.8, 4) is 0 Å². The molecular weight excluding hydrogens is 1520 g/mol. The molecule has 14 saturated carbocycles. The van der Waals surface area contributed by atoms with E-state index in [-0.39, 0.29) is 150 Å². The smallest absolute Gasteiger partial charge is 0.318 e. The number of ether oxygens (including phenoxy) is 10. The summed E-state index contributed by atoms with van der Waals surface area (Å²) in [6.45, 7) is 0. The van der Waals surface area contributed by atoms with E-state index in [4.69, 9.17) is 4.74 Å². The minimum Gasteiger partial charge on any atom is -0.393 e. The van der Waals surface area contributed by atoms with Gasteiger partial charge in [-0.1, -0.05) is 12.2 Å². The van der Waals surface area contributed by atoms with E-state index in [0.29, 0.717) is 19.3 Å². The summed E-state index contributed by atoms with van der Waals surface area (Å²) in [5.41, 5.74) is 0. The minimum atomic E-state index is -0.804. The molecule has 10 aliphatic heterocycles. The molecule has 0 N–H and O–H groups in total. The maximum absolute atomic E-state index is 11.9. The summed E-state index contributed by atoms with van der Waals surface area (Å²) in [5.74, 6) is -28.7. The standard InChI is InChI=1S/C13H12O5.C12H8O6.C12H10O5.C11H10O5.C10H8O6.C9H6O6.C9H6O5/c14-6-3-7(15)9-5-2-1-4(8(6)9)10-11(5)13(17)18-12(10)16;13-9-5-3-1-2-4(7(5)11(15)17-9)8-6(3)10(14)18-12(8)16;13-5-2-6(14)8-4-1-3(7(5)8)9-10(4)12(16)17-11(9)15;12-8-3-9(13)5-2-7-6(1-4(5)8)10(14)16-11(7)15;11-6-2-3-4(8(12)15-6)1-5-7(3)10(14)16-9(5)13;10-6-2-1-3-5(4(2)8(12)14-6)9(13)15-7(3)11;10-2-1-3(11)5-4(2)6-7(5)9(13)14-8(6)12/h4-5,8-11H,1-3H2;1-8H;3-4,7-10H,1-2H2;4-7H,1-3H2;3-5,7H,1-2H2;2-5H,1H2;4-7H,1H2. The van der Waals surface area contributed by atoms with Gasteiger partial charge in [0.2, 0.25) is 0 Å². The first-order chi connectivity index (χ1) is 54.1. The lowest BCUT2D eigenvalue weighted by Crippen LogP contribution is -2.53. The molecule has 114 heavy (non-hydrogen) atoms. The first-order valence-electron chi connectivity index (χ1n) is 37.6. The highest BCUT2D eigenvalue weighted by Gasteiger charge is 2.75. The van der Waals surface area contributed by atoms with Gasteiger partial charge in [-0.05, 0) is 74.5 Å². The van der Waals surface area contributed by atoms with E-state index in [0.717, 1.165) is 12.8 Å². The zero-order chi connectivity index (χ0) is 80.8. The number of hydrogen-bond donors (Lipinski definition) is 0. The monoisotopic (exact) mass is 1580 g/mol. The molecule has 0 radical (unpaired) electrons. The molecule has 26 rings (SSSR count). The molecule has 10 heterocycles. The first kappa shape index (κ1) is 73.9. The van der Waals surface area contributed by atoms with Crippen LogP contribution in [0.1, 0.15) is 77.0 Å². The number of ketones is 8. The largest absolute Gasteiger partial charge is 0.393 e. The minimum absolute atomic E-state index is 0.00892. The molecule has 24 fully saturated rings. The SMILES string of the molecule is O=C1CC(=O)C2C1C1C(=O)OC(=O)C21.O=C1CC(=O)C2C3CC(C12)C1C(=O)OC(=O)C31.O=C1CC(=O)C2C3CCC(C12)C1C(=O)OC(=O)C31.O=C1CC(=O)C2CC3C(=O)OC(=O)C3CC12.O=C1CC2C(CC3C(=O)OC(=O)C32)C(=O)O1.O=C1OC(=O)C2C1CC1C(=O)OC(=O)C12.O=C1OC(=O)C2C3C=CC(C12)C1C(=O)OC(=O)C31. The zero-order valence-electron chi connectivity index (χ0n) is 58.8. The highest BCUT2D eigenvalue weighted by molar-refractivity contribution is 6.18. The van der Waals surface area contributed by atoms with Crippen LogP contribution in [0.3, 0.4) is 0 Å². The van der Waals surface area contributed by atoms with Gasteiger partial charge < -0.3 is 47.4 Å². The zero-order valence-corrected chi connectivity index (χ0v) is 58.8. The van der Waals surface area contributed by atoms with Crippen molar-refractivity contribution >= 4 is 166 Å². The molecule has 16 aliphatic carbocycles. The average molecular weight is 1580 g/mol. The molecular formula is C76H60O38. The summed E-state index contributed by atoms with van der Waals surface area (Å²) < 4.78 is 45.4. The van der Waals surface area contributed by atoms with Gasteiger partial charge >= 0.3 is 119 Å². The number of allylic oxidation sites excluding steroid dienone is 2. The molecule has 38 heteroatoms. The number of carbonyl (C=O) groups is 28. The van der Waals surface area contributed by atoms with E-state index in [1.165, 1.54) is 0 Å². The van der Waals surface area contributed by atoms with E-state index < -0.39 is 261 Å². The number of rotatable bonds is 0. The maximum Gasteiger partial charge on any atom is 0.318 e. The van der Waals surface area contributed by atoms with Crippen molar-refractivity contribution in [3.05, 3.63) is 12.2 Å². The van der Waals surface area contributed by atoms with Gasteiger partial charge in [0.05, 0.1) is 145 Å². The number of hydrogen-bond acceptors (Lipinski definition) is 38. The highest BCUT2D eigenvalue weighted by Crippen LogP contribution is 2.65. The van der Waals surface area contributed by atoms with Crippen molar-refractivity contribution in [2.75, 3.05) is 0 Å². The second-order valence-electron chi connectivity index (χ2n) is 33.6. The Morgan fingerprint density at radius 2 is 0.421 bits per heavy atom. The van der Waals surface area contributed by atoms with Crippen LogP contribution in [-0.4, -0.2) is 166 Å². The van der Waals surface area contributed by atoms with Crippen LogP contribution in [-0.2, 0) is 182 Å². The lowest BCUT2D eigenvalue weighted by molar-refractivity contribution is -0.172. The van der Waals surface area contributed by atoms with Gasteiger partial charge in [0.15, 0.2) is 0 Å². The van der Waals surface area contributed by atoms with Gasteiger partial charge in [-0.2, -0.15) is 0 Å². The molecule has 6 bridgehead atoms. The summed E-state index contributed by atoms with van der Waals surface area (Å²) in [6, 6.07) is 0. The fourth-order valence-electron chi connectivity index (χ4n) is 24.7. The Labute approximate surface area is 635 Å². The number of cyclic esters (lactones) is 20. The Morgan fingerprint density at radius 3 is 0.798 bits per heavy atom. The predicted octanol–water partition coefficient (Wildman–Crippen LogP) is -3.33. The molecule has 26 aliphatic rings. The van der Waals surface area contributed by atoms with Gasteiger partial charge in [-0.15, -0.1) is 0 Å². The second kappa shape index (κ2) is 26.0. The molecule has 38 nitrogen and oxygen atoms in total. The van der Waals surface area contributed by atoms with Crippen LogP contribution < -0.4 is 0 Å². The Hall–Kier alpha value is -11.5. The van der Waals surface area contributed by atoms with E-state index in [2.05, 4.69) is 42.6 Å². The van der Waals surface area contributed by atoms with E-state index >= 15 is 0 Å². The van der Waals surface area contributed by atoms with Crippen LogP contribution in [0.5, 0.6) is 0 Å². The van der Waals surface area contributed by atoms with Gasteiger partial charge in [-0.3, -0.25) is 134 Å². The molecule has 0 aromatic rings. The summed E-state index contributed by atoms with van der Waals surface area (Å²) in [6.07, 6.45) is 6.56. The first-order valence-corrected chi connectivity index (χ1v) is 37.6. The van der Waals surface area contributed by atoms with Crippen LogP contribution >= 0.6 is 0 Å². The van der Waals surface area contributed by atoms with Crippen molar-refractivity contribution in [1.29, 1.82) is 0 Å². The van der Waals surface area contributed by atoms with Crippen LogP contribution in [0.15, 0.2) is 12.2 Å². The molecule has 10 saturated heterocycles. The molecule has 32 atom stereocenters. The topological polar surface area (TPSA) is 570 Å². The van der Waals surface area contributed by atoms with Gasteiger partial charge in [0, 0.05) is 59.2 Å². The van der Waals surface area contributed by atoms with Crippen molar-refractivity contribution in [2.24, 2.45) is 201 Å². The van der Waals surface area contributed by atoms with Gasteiger partial charge in [0.1, 0.15) is 46.3 Å². The fraction of sp³-hybridized carbons (Fsp3) is 0.605. The van der Waals surface area contributed by atoms with Crippen molar-refractivity contribution in [2.45, 2.75) is 77.0 Å². The van der Waals surface area contributed by atoms with E-state index in [1.807, 2.05) is 0 Å². The van der Waals surface area contributed by atoms with Crippen LogP contribution in [0.2, 0.25) is 0 Å². The third-order valence-electron chi connectivity index (χ3n) is 29.1. The number of fused-ring (bicyclic) bond motifs is 21. The van der Waals surface area contributed by atoms with Crippen LogP contribution in [0.4, 0.5) is 0 Å². The maximum atomic E-state index is 11.9. The van der Waals surface area contributed by atoms with Gasteiger partial charge in [0.25, 0.3) is 0 Å². The molecule has 0 aromatic carbocycles. The summed E-state index contributed by atoms with van der Waals surface area (Å²) in [7, 11) is 0. The van der Waals surface area contributed by atoms with E-state index in [1.54, 1.807) is 12.2 Å². The quantitative estimate of drug-likeness (QED) is 0.0990. The Bertz CT molecular complexity index is 4390. The summed E-state index contributed by atoms with van der Waals surface area (Å²) >= 11 is 0. The third-order valence-corrected chi connectivity index (χ3v) is 29.1. The van der Waals surface area contributed by atoms with Crippen LogP contribution in [0.25, 0.3) is 0 Å². The number of Topliss-reactive ketones (excluding diaryl/α,β-unsaturated/α-hetero) is 8. The Morgan fingerprint density at radius 1 is 0.175 bits per heavy atom. The molecule has 592 valence electrons. The molecule has 32 unspecified atom stereocenters. The fourth-order valence-corrected chi connectivity index (χ4v) is 24.7. The summed E-state index contributed by atoms with van der Waals surface area (Å²) in [5, 5.41) is 0. The average Bonchev–Trinajstić information content (AvgIpc) is 1.53. The Kier molecular flexibility index (Phi) is 16.9. The third kappa shape index (κ3) is 10.6. The van der Waals surface area contributed by atoms with Gasteiger partial charge in [-0.25, -0.2) is 0 Å². The molecule has 0 amide bonds. The lowest BCUT2D eigenvalue weighted by Gasteiger charge is -2.48. The number of carbonyl (C=O) groups excluding carboxylic acids is 28. The Balaban J connectivity index is 0.0000000926. The van der Waals surface area contributed by atoms with Crippen LogP contribution in [0, 0.1) is 201 Å². The normalized spacial score (nSPS) is 45.8. The molecule has 0 spiro atoms. The van der Waals surface area contributed by atoms with Crippen molar-refractivity contribution < 1.29 is 182 Å². The number of esters is 20. The van der Waals surface area contributed by atoms with Crippen molar-refractivity contribution in [3.63, 3.8) is 0 Å². The molecule has 0 aromatic heterocycles.